The number of anilines is 3. The number of benzene rings is 2. The van der Waals surface area contributed by atoms with E-state index in [1.54, 1.807) is 24.5 Å². The minimum atomic E-state index is -0.960. The summed E-state index contributed by atoms with van der Waals surface area (Å²) in [6.45, 7) is 16.0. The van der Waals surface area contributed by atoms with Crippen LogP contribution in [-0.4, -0.2) is 155 Å². The lowest BCUT2D eigenvalue weighted by Crippen LogP contribution is -2.54. The fraction of sp³-hybridized carbons (Fsp3) is 0.533. The van der Waals surface area contributed by atoms with E-state index in [1.807, 2.05) is 24.3 Å². The standard InChI is InChI=1S/C45H57N11O5.2H2/c1-29-26-55(39-25-37(48-28-49-39)41(47)35-24-32(4-6-36(35)46)61-45(2)11-12-45)22-21-53(29)18-15-51-13-9-30(10-14-51)27-52-16-19-54(20-17-52)31-3-5-33-34(23-31)44(60)56(43(33)59)38-7-8-40(57)50-42(38)58;;/h3-6,23-25,28-30,38,47H,7-22,26-27,46H2,1-2H3,(H,50,57,58);2*1H/t29-,38?;;/m0../s1. The SMILES string of the molecule is C[C@H]1CN(c2cc(C(=N)c3cc(OC4(C)CC4)ccc3N)ncn2)CCN1CCN1CCC(CN2CCN(c3ccc4c(c3)C(=O)N(C3CCC(=O)NC3=O)C4=O)CC2)CC1.[HH].[HH]. The van der Waals surface area contributed by atoms with Gasteiger partial charge in [-0.25, -0.2) is 9.97 Å². The van der Waals surface area contributed by atoms with Gasteiger partial charge >= 0.3 is 0 Å². The summed E-state index contributed by atoms with van der Waals surface area (Å²) in [5.41, 5.74) is 9.70. The summed E-state index contributed by atoms with van der Waals surface area (Å²) < 4.78 is 6.14. The monoisotopic (exact) mass is 835 g/mol. The summed E-state index contributed by atoms with van der Waals surface area (Å²) in [5, 5.41) is 11.2. The van der Waals surface area contributed by atoms with Gasteiger partial charge in [0, 0.05) is 104 Å². The second kappa shape index (κ2) is 16.8. The molecular formula is C45H61N11O5. The van der Waals surface area contributed by atoms with E-state index in [9.17, 15) is 19.2 Å². The van der Waals surface area contributed by atoms with Crippen LogP contribution in [0.1, 0.15) is 87.2 Å². The van der Waals surface area contributed by atoms with Crippen molar-refractivity contribution in [2.24, 2.45) is 5.92 Å². The predicted molar refractivity (Wildman–Crippen MR) is 235 cm³/mol. The molecule has 2 atom stereocenters. The van der Waals surface area contributed by atoms with Gasteiger partial charge in [0.25, 0.3) is 11.8 Å². The van der Waals surface area contributed by atoms with Gasteiger partial charge in [0.1, 0.15) is 29.5 Å². The van der Waals surface area contributed by atoms with Crippen molar-refractivity contribution < 1.29 is 26.8 Å². The highest BCUT2D eigenvalue weighted by molar-refractivity contribution is 6.23. The first-order chi connectivity index (χ1) is 29.4. The number of nitrogens with two attached hydrogens (primary N) is 1. The maximum atomic E-state index is 13.4. The number of ether oxygens (including phenoxy) is 1. The maximum absolute atomic E-state index is 13.4. The predicted octanol–water partition coefficient (Wildman–Crippen LogP) is 3.34. The Labute approximate surface area is 359 Å². The van der Waals surface area contributed by atoms with Crippen LogP contribution in [0, 0.1) is 11.3 Å². The maximum Gasteiger partial charge on any atom is 0.262 e. The Balaban J connectivity index is 0.00000298. The van der Waals surface area contributed by atoms with Crippen molar-refractivity contribution in [2.75, 3.05) is 94.1 Å². The van der Waals surface area contributed by atoms with E-state index >= 15 is 0 Å². The van der Waals surface area contributed by atoms with Gasteiger partial charge in [-0.15, -0.1) is 0 Å². The molecule has 2 aromatic carbocycles. The van der Waals surface area contributed by atoms with Gasteiger partial charge in [-0.1, -0.05) is 0 Å². The fourth-order valence-electron chi connectivity index (χ4n) is 9.58. The number of hydrogen-bond acceptors (Lipinski definition) is 14. The zero-order chi connectivity index (χ0) is 42.4. The molecule has 16 nitrogen and oxygen atoms in total. The first-order valence-corrected chi connectivity index (χ1v) is 22.0. The number of hydrogen-bond donors (Lipinski definition) is 3. The van der Waals surface area contributed by atoms with E-state index in [2.05, 4.69) is 53.6 Å². The first kappa shape index (κ1) is 40.9. The van der Waals surface area contributed by atoms with E-state index in [1.165, 1.54) is 12.8 Å². The average Bonchev–Trinajstić information content (AvgIpc) is 3.94. The largest absolute Gasteiger partial charge is 0.488 e. The number of fused-ring (bicyclic) bond motifs is 1. The summed E-state index contributed by atoms with van der Waals surface area (Å²) in [6, 6.07) is 12.2. The van der Waals surface area contributed by atoms with Gasteiger partial charge in [-0.3, -0.25) is 44.6 Å². The van der Waals surface area contributed by atoms with E-state index in [0.29, 0.717) is 40.0 Å². The molecule has 0 bridgehead atoms. The van der Waals surface area contributed by atoms with Crippen molar-refractivity contribution in [1.29, 1.82) is 5.41 Å². The molecule has 61 heavy (non-hydrogen) atoms. The molecule has 1 aliphatic carbocycles. The molecule has 4 amide bonds. The van der Waals surface area contributed by atoms with Crippen LogP contribution in [0.4, 0.5) is 17.2 Å². The molecule has 5 fully saturated rings. The molecule has 6 aliphatic rings. The molecular weight excluding hydrogens is 775 g/mol. The summed E-state index contributed by atoms with van der Waals surface area (Å²) in [5.74, 6) is 0.310. The van der Waals surface area contributed by atoms with Crippen LogP contribution in [0.3, 0.4) is 0 Å². The van der Waals surface area contributed by atoms with Crippen molar-refractivity contribution in [3.05, 3.63) is 71.2 Å². The highest BCUT2D eigenvalue weighted by Gasteiger charge is 2.45. The number of amides is 4. The number of carbonyl (C=O) groups excluding carboxylic acids is 4. The third-order valence-corrected chi connectivity index (χ3v) is 13.7. The van der Waals surface area contributed by atoms with Gasteiger partial charge in [-0.05, 0) is 101 Å². The molecule has 0 radical (unpaired) electrons. The minimum absolute atomic E-state index is 0. The fourth-order valence-corrected chi connectivity index (χ4v) is 9.58. The zero-order valence-corrected chi connectivity index (χ0v) is 35.3. The molecule has 6 heterocycles. The molecule has 5 aliphatic heterocycles. The number of piperazine rings is 2. The van der Waals surface area contributed by atoms with E-state index in [4.69, 9.17) is 15.9 Å². The number of carbonyl (C=O) groups is 4. The Morgan fingerprint density at radius 2 is 1.62 bits per heavy atom. The highest BCUT2D eigenvalue weighted by atomic mass is 16.5. The van der Waals surface area contributed by atoms with Crippen LogP contribution < -0.4 is 25.6 Å². The van der Waals surface area contributed by atoms with Crippen LogP contribution in [0.2, 0.25) is 0 Å². The smallest absolute Gasteiger partial charge is 0.262 e. The summed E-state index contributed by atoms with van der Waals surface area (Å²) in [7, 11) is 0. The number of nitrogens with one attached hydrogen (secondary N) is 2. The van der Waals surface area contributed by atoms with Crippen LogP contribution in [0.5, 0.6) is 5.75 Å². The summed E-state index contributed by atoms with van der Waals surface area (Å²) in [6.07, 6.45) is 6.25. The normalized spacial score (nSPS) is 23.9. The van der Waals surface area contributed by atoms with E-state index in [-0.39, 0.29) is 32.9 Å². The van der Waals surface area contributed by atoms with E-state index < -0.39 is 23.8 Å². The molecule has 4 saturated heterocycles. The van der Waals surface area contributed by atoms with Gasteiger partial charge in [-0.2, -0.15) is 0 Å². The van der Waals surface area contributed by atoms with E-state index in [0.717, 1.165) is 114 Å². The number of aromatic nitrogens is 2. The molecule has 16 heteroatoms. The van der Waals surface area contributed by atoms with Crippen molar-refractivity contribution in [3.8, 4) is 5.75 Å². The molecule has 9 rings (SSSR count). The minimum Gasteiger partial charge on any atom is -0.488 e. The van der Waals surface area contributed by atoms with Gasteiger partial charge in [0.2, 0.25) is 11.8 Å². The second-order valence-corrected chi connectivity index (χ2v) is 18.0. The summed E-state index contributed by atoms with van der Waals surface area (Å²) in [4.78, 5) is 73.0. The molecule has 4 N–H and O–H groups in total. The Hall–Kier alpha value is -5.45. The highest BCUT2D eigenvalue weighted by Crippen LogP contribution is 2.40. The third-order valence-electron chi connectivity index (χ3n) is 13.7. The summed E-state index contributed by atoms with van der Waals surface area (Å²) >= 11 is 0. The Kier molecular flexibility index (Phi) is 11.3. The van der Waals surface area contributed by atoms with Crippen molar-refractivity contribution >= 4 is 46.5 Å². The van der Waals surface area contributed by atoms with Crippen LogP contribution in [0.25, 0.3) is 0 Å². The lowest BCUT2D eigenvalue weighted by molar-refractivity contribution is -0.136. The average molecular weight is 836 g/mol. The lowest BCUT2D eigenvalue weighted by Gasteiger charge is -2.42. The number of nitrogens with zero attached hydrogens (tertiary/aromatic N) is 8. The second-order valence-electron chi connectivity index (χ2n) is 18.0. The molecule has 1 unspecified atom stereocenters. The number of nitrogen functional groups attached to an aromatic ring is 1. The van der Waals surface area contributed by atoms with Crippen molar-refractivity contribution in [2.45, 2.75) is 70.1 Å². The molecule has 1 aromatic heterocycles. The number of rotatable bonds is 12. The van der Waals surface area contributed by atoms with Crippen LogP contribution >= 0.6 is 0 Å². The quantitative estimate of drug-likeness (QED) is 0.137. The molecule has 1 saturated carbocycles. The van der Waals surface area contributed by atoms with Crippen LogP contribution in [0.15, 0.2) is 48.8 Å². The van der Waals surface area contributed by atoms with Gasteiger partial charge in [0.05, 0.1) is 22.5 Å². The van der Waals surface area contributed by atoms with Crippen molar-refractivity contribution in [1.82, 2.24) is 34.9 Å². The topological polar surface area (TPSA) is 185 Å². The zero-order valence-electron chi connectivity index (χ0n) is 35.3. The Morgan fingerprint density at radius 3 is 2.36 bits per heavy atom. The first-order valence-electron chi connectivity index (χ1n) is 22.0. The number of imide groups is 2. The molecule has 0 spiro atoms. The Morgan fingerprint density at radius 1 is 0.869 bits per heavy atom. The Bertz CT molecular complexity index is 2230. The van der Waals surface area contributed by atoms with Gasteiger partial charge in [0.15, 0.2) is 0 Å². The molecule has 326 valence electrons. The van der Waals surface area contributed by atoms with Crippen LogP contribution in [-0.2, 0) is 9.59 Å². The number of likely N-dealkylation sites (tertiary alicyclic amines) is 1. The number of piperidine rings is 2. The van der Waals surface area contributed by atoms with Gasteiger partial charge < -0.3 is 25.2 Å². The van der Waals surface area contributed by atoms with Crippen molar-refractivity contribution in [3.63, 3.8) is 0 Å². The lowest BCUT2D eigenvalue weighted by atomic mass is 9.96. The third kappa shape index (κ3) is 8.70. The molecule has 3 aromatic rings.